The fourth-order valence-electron chi connectivity index (χ4n) is 3.67. The monoisotopic (exact) mass is 504 g/mol. The lowest BCUT2D eigenvalue weighted by molar-refractivity contribution is -0.139. The molecule has 0 atom stereocenters. The molecular weight excluding hydrogens is 480 g/mol. The Morgan fingerprint density at radius 1 is 0.944 bits per heavy atom. The average Bonchev–Trinajstić information content (AvgIpc) is 3.25. The number of hydrogen-bond donors (Lipinski definition) is 1. The molecule has 1 amide bonds. The van der Waals surface area contributed by atoms with Crippen molar-refractivity contribution in [1.29, 1.82) is 0 Å². The molecule has 0 unspecified atom stereocenters. The van der Waals surface area contributed by atoms with Crippen LogP contribution in [0.25, 0.3) is 22.5 Å². The number of ether oxygens (including phenoxy) is 2. The van der Waals surface area contributed by atoms with Crippen LogP contribution < -0.4 is 5.32 Å². The largest absolute Gasteiger partial charge is 0.469 e. The molecule has 1 N–H and O–H groups in total. The topological polar surface area (TPSA) is 90.7 Å². The third-order valence-electron chi connectivity index (χ3n) is 5.66. The van der Waals surface area contributed by atoms with E-state index in [1.54, 1.807) is 13.0 Å². The summed E-state index contributed by atoms with van der Waals surface area (Å²) in [5.41, 5.74) is 5.54. The van der Waals surface area contributed by atoms with E-state index in [4.69, 9.17) is 25.6 Å². The van der Waals surface area contributed by atoms with Gasteiger partial charge in [-0.1, -0.05) is 83.5 Å². The second-order valence-electron chi connectivity index (χ2n) is 8.10. The Morgan fingerprint density at radius 2 is 1.58 bits per heavy atom. The van der Waals surface area contributed by atoms with Gasteiger partial charge in [0.15, 0.2) is 5.76 Å². The van der Waals surface area contributed by atoms with Crippen molar-refractivity contribution in [2.24, 2.45) is 0 Å². The van der Waals surface area contributed by atoms with Crippen molar-refractivity contribution in [3.8, 4) is 22.5 Å². The summed E-state index contributed by atoms with van der Waals surface area (Å²) < 4.78 is 15.5. The minimum absolute atomic E-state index is 0.183. The van der Waals surface area contributed by atoms with Gasteiger partial charge in [0.2, 0.25) is 0 Å². The number of methoxy groups -OCH3 is 1. The molecule has 1 heterocycles. The number of carbonyl (C=O) groups excluding carboxylic acids is 2. The smallest absolute Gasteiger partial charge is 0.411 e. The molecular formula is C28H25ClN2O5. The first-order chi connectivity index (χ1) is 17.4. The highest BCUT2D eigenvalue weighted by atomic mass is 35.5. The zero-order valence-electron chi connectivity index (χ0n) is 19.9. The van der Waals surface area contributed by atoms with Crippen LogP contribution in [0.2, 0.25) is 5.02 Å². The number of rotatable bonds is 8. The summed E-state index contributed by atoms with van der Waals surface area (Å²) in [6, 6.07) is 22.8. The maximum absolute atomic E-state index is 12.4. The van der Waals surface area contributed by atoms with E-state index in [2.05, 4.69) is 10.5 Å². The van der Waals surface area contributed by atoms with Gasteiger partial charge in [-0.15, -0.1) is 0 Å². The lowest BCUT2D eigenvalue weighted by Crippen LogP contribution is -2.16. The summed E-state index contributed by atoms with van der Waals surface area (Å²) in [5.74, 6) is 0.166. The molecule has 0 aliphatic carbocycles. The van der Waals surface area contributed by atoms with Crippen LogP contribution in [-0.2, 0) is 27.1 Å². The van der Waals surface area contributed by atoms with E-state index < -0.39 is 6.09 Å². The van der Waals surface area contributed by atoms with Crippen molar-refractivity contribution < 1.29 is 23.6 Å². The highest BCUT2D eigenvalue weighted by Crippen LogP contribution is 2.32. The van der Waals surface area contributed by atoms with Gasteiger partial charge in [0.05, 0.1) is 20.1 Å². The van der Waals surface area contributed by atoms with Crippen LogP contribution in [0.5, 0.6) is 0 Å². The Hall–Kier alpha value is -4.10. The van der Waals surface area contributed by atoms with E-state index in [1.807, 2.05) is 66.7 Å². The molecule has 0 aliphatic rings. The van der Waals surface area contributed by atoms with Crippen LogP contribution >= 0.6 is 11.6 Å². The summed E-state index contributed by atoms with van der Waals surface area (Å²) in [5, 5.41) is 7.39. The molecule has 184 valence electrons. The number of carbonyl (C=O) groups is 2. The Bertz CT molecular complexity index is 1350. The predicted octanol–water partition coefficient (Wildman–Crippen LogP) is 6.48. The standard InChI is InChI=1S/C28H25ClN2O5/c1-18-26(30-28(33)35-16-15-22-5-3-4-6-24(22)29)27(36-31-18)23-13-11-21(12-14-23)20-9-7-19(8-10-20)17-25(32)34-2/h3-14H,15-17H2,1-2H3,(H,30,33). The van der Waals surface area contributed by atoms with Crippen molar-refractivity contribution in [3.05, 3.63) is 94.6 Å². The minimum atomic E-state index is -0.599. The van der Waals surface area contributed by atoms with E-state index in [-0.39, 0.29) is 19.0 Å². The molecule has 4 rings (SSSR count). The summed E-state index contributed by atoms with van der Waals surface area (Å²) >= 11 is 6.15. The first kappa shape index (κ1) is 25.0. The van der Waals surface area contributed by atoms with Crippen molar-refractivity contribution in [1.82, 2.24) is 5.16 Å². The van der Waals surface area contributed by atoms with Crippen molar-refractivity contribution >= 4 is 29.4 Å². The molecule has 1 aromatic heterocycles. The normalized spacial score (nSPS) is 10.6. The average molecular weight is 505 g/mol. The first-order valence-electron chi connectivity index (χ1n) is 11.3. The summed E-state index contributed by atoms with van der Waals surface area (Å²) in [4.78, 5) is 23.9. The Balaban J connectivity index is 1.40. The number of halogens is 1. The number of esters is 1. The summed E-state index contributed by atoms with van der Waals surface area (Å²) in [6.45, 7) is 1.93. The number of nitrogens with zero attached hydrogens (tertiary/aromatic N) is 1. The third kappa shape index (κ3) is 6.12. The van der Waals surface area contributed by atoms with Crippen LogP contribution in [0.1, 0.15) is 16.8 Å². The zero-order chi connectivity index (χ0) is 25.5. The maximum Gasteiger partial charge on any atom is 0.411 e. The van der Waals surface area contributed by atoms with Gasteiger partial charge in [0.1, 0.15) is 11.4 Å². The lowest BCUT2D eigenvalue weighted by Gasteiger charge is -2.09. The molecule has 0 fully saturated rings. The Kier molecular flexibility index (Phi) is 8.02. The molecule has 0 radical (unpaired) electrons. The Labute approximate surface area is 214 Å². The Morgan fingerprint density at radius 3 is 2.25 bits per heavy atom. The van der Waals surface area contributed by atoms with E-state index in [0.717, 1.165) is 27.8 Å². The molecule has 0 aliphatic heterocycles. The molecule has 4 aromatic rings. The predicted molar refractivity (Wildman–Crippen MR) is 138 cm³/mol. The molecule has 3 aromatic carbocycles. The van der Waals surface area contributed by atoms with E-state index in [1.165, 1.54) is 7.11 Å². The third-order valence-corrected chi connectivity index (χ3v) is 6.03. The molecule has 7 nitrogen and oxygen atoms in total. The fourth-order valence-corrected chi connectivity index (χ4v) is 3.91. The van der Waals surface area contributed by atoms with E-state index in [0.29, 0.717) is 28.6 Å². The zero-order valence-corrected chi connectivity index (χ0v) is 20.7. The van der Waals surface area contributed by atoms with Gasteiger partial charge in [-0.2, -0.15) is 0 Å². The molecule has 0 saturated heterocycles. The fraction of sp³-hybridized carbons (Fsp3) is 0.179. The number of anilines is 1. The van der Waals surface area contributed by atoms with Crippen LogP contribution in [0.15, 0.2) is 77.3 Å². The molecule has 0 spiro atoms. The van der Waals surface area contributed by atoms with Crippen molar-refractivity contribution in [2.45, 2.75) is 19.8 Å². The molecule has 36 heavy (non-hydrogen) atoms. The first-order valence-corrected chi connectivity index (χ1v) is 11.7. The van der Waals surface area contributed by atoms with Gasteiger partial charge in [0, 0.05) is 17.0 Å². The van der Waals surface area contributed by atoms with Crippen molar-refractivity contribution in [3.63, 3.8) is 0 Å². The quantitative estimate of drug-likeness (QED) is 0.276. The number of nitrogens with one attached hydrogen (secondary N) is 1. The van der Waals surface area contributed by atoms with Gasteiger partial charge in [0.25, 0.3) is 0 Å². The highest BCUT2D eigenvalue weighted by Gasteiger charge is 2.18. The van der Waals surface area contributed by atoms with Crippen LogP contribution in [0.4, 0.5) is 10.5 Å². The SMILES string of the molecule is COC(=O)Cc1ccc(-c2ccc(-c3onc(C)c3NC(=O)OCCc3ccccc3Cl)cc2)cc1. The number of amides is 1. The second-order valence-corrected chi connectivity index (χ2v) is 8.51. The van der Waals surface area contributed by atoms with Gasteiger partial charge in [-0.05, 0) is 35.2 Å². The number of benzene rings is 3. The number of hydrogen-bond acceptors (Lipinski definition) is 6. The van der Waals surface area contributed by atoms with Crippen LogP contribution in [-0.4, -0.2) is 30.9 Å². The van der Waals surface area contributed by atoms with E-state index >= 15 is 0 Å². The molecule has 0 saturated carbocycles. The van der Waals surface area contributed by atoms with Crippen LogP contribution in [0, 0.1) is 6.92 Å². The van der Waals surface area contributed by atoms with E-state index in [9.17, 15) is 9.59 Å². The van der Waals surface area contributed by atoms with Gasteiger partial charge < -0.3 is 14.0 Å². The highest BCUT2D eigenvalue weighted by molar-refractivity contribution is 6.31. The number of aryl methyl sites for hydroxylation is 1. The molecule has 0 bridgehead atoms. The second kappa shape index (κ2) is 11.6. The summed E-state index contributed by atoms with van der Waals surface area (Å²) in [6.07, 6.45) is 0.144. The van der Waals surface area contributed by atoms with Gasteiger partial charge >= 0.3 is 12.1 Å². The van der Waals surface area contributed by atoms with Crippen LogP contribution in [0.3, 0.4) is 0 Å². The van der Waals surface area contributed by atoms with Crippen molar-refractivity contribution in [2.75, 3.05) is 19.0 Å². The lowest BCUT2D eigenvalue weighted by atomic mass is 10.0. The molecule has 8 heteroatoms. The maximum atomic E-state index is 12.4. The van der Waals surface area contributed by atoms with Gasteiger partial charge in [-0.25, -0.2) is 4.79 Å². The minimum Gasteiger partial charge on any atom is -0.469 e. The van der Waals surface area contributed by atoms with Gasteiger partial charge in [-0.3, -0.25) is 10.1 Å². The summed E-state index contributed by atoms with van der Waals surface area (Å²) in [7, 11) is 1.38. The number of aromatic nitrogens is 1.